The van der Waals surface area contributed by atoms with Crippen molar-refractivity contribution in [2.24, 2.45) is 0 Å². The molecule has 0 saturated heterocycles. The maximum Gasteiger partial charge on any atom is 0.261 e. The summed E-state index contributed by atoms with van der Waals surface area (Å²) >= 11 is 0. The largest absolute Gasteiger partial charge is 0.394 e. The summed E-state index contributed by atoms with van der Waals surface area (Å²) in [5, 5.41) is 8.74. The average Bonchev–Trinajstić information content (AvgIpc) is 2.56. The molecule has 1 amide bonds. The molecule has 2 aromatic heterocycles. The molecular weight excluding hydrogens is 282 g/mol. The van der Waals surface area contributed by atoms with Gasteiger partial charge < -0.3 is 9.84 Å². The fourth-order valence-electron chi connectivity index (χ4n) is 1.91. The average molecular weight is 301 g/mol. The van der Waals surface area contributed by atoms with Crippen LogP contribution in [0.2, 0.25) is 0 Å². The molecular formula is C16H19N3O3. The van der Waals surface area contributed by atoms with Gasteiger partial charge in [-0.1, -0.05) is 6.07 Å². The van der Waals surface area contributed by atoms with E-state index in [9.17, 15) is 4.79 Å². The first-order chi connectivity index (χ1) is 10.7. The van der Waals surface area contributed by atoms with Gasteiger partial charge in [-0.05, 0) is 30.7 Å². The summed E-state index contributed by atoms with van der Waals surface area (Å²) in [6.07, 6.45) is 4.86. The highest BCUT2D eigenvalue weighted by molar-refractivity contribution is 6.05. The monoisotopic (exact) mass is 301 g/mol. The standard InChI is InChI=1S/C16H19N3O3/c1-13-4-5-15(18-11-13)19(7-9-22-10-8-20)16(21)14-3-2-6-17-12-14/h2-6,11-12,20H,7-10H2,1H3. The second-order valence-electron chi connectivity index (χ2n) is 4.73. The normalized spacial score (nSPS) is 10.5. The lowest BCUT2D eigenvalue weighted by molar-refractivity contribution is 0.0885. The van der Waals surface area contributed by atoms with Gasteiger partial charge in [0, 0.05) is 18.6 Å². The van der Waals surface area contributed by atoms with Crippen LogP contribution in [-0.4, -0.2) is 47.3 Å². The number of nitrogens with zero attached hydrogens (tertiary/aromatic N) is 3. The second-order valence-corrected chi connectivity index (χ2v) is 4.73. The maximum absolute atomic E-state index is 12.6. The highest BCUT2D eigenvalue weighted by Crippen LogP contribution is 2.14. The van der Waals surface area contributed by atoms with Gasteiger partial charge in [0.15, 0.2) is 0 Å². The second kappa shape index (κ2) is 8.21. The number of aromatic nitrogens is 2. The summed E-state index contributed by atoms with van der Waals surface area (Å²) in [5.74, 6) is 0.379. The number of aryl methyl sites for hydroxylation is 1. The Morgan fingerprint density at radius 3 is 2.77 bits per heavy atom. The van der Waals surface area contributed by atoms with E-state index >= 15 is 0 Å². The Bertz CT molecular complexity index is 587. The zero-order valence-electron chi connectivity index (χ0n) is 12.5. The molecule has 0 spiro atoms. The summed E-state index contributed by atoms with van der Waals surface area (Å²) in [6, 6.07) is 7.14. The first-order valence-corrected chi connectivity index (χ1v) is 7.05. The van der Waals surface area contributed by atoms with Crippen molar-refractivity contribution in [2.75, 3.05) is 31.3 Å². The Hall–Kier alpha value is -2.31. The van der Waals surface area contributed by atoms with Crippen molar-refractivity contribution in [3.05, 3.63) is 54.0 Å². The van der Waals surface area contributed by atoms with Crippen LogP contribution < -0.4 is 4.90 Å². The van der Waals surface area contributed by atoms with Gasteiger partial charge in [-0.3, -0.25) is 14.7 Å². The van der Waals surface area contributed by atoms with Crippen LogP contribution in [0.5, 0.6) is 0 Å². The fraction of sp³-hybridized carbons (Fsp3) is 0.312. The van der Waals surface area contributed by atoms with Crippen LogP contribution in [0.1, 0.15) is 15.9 Å². The van der Waals surface area contributed by atoms with Gasteiger partial charge in [0.1, 0.15) is 5.82 Å². The van der Waals surface area contributed by atoms with E-state index in [-0.39, 0.29) is 19.1 Å². The number of hydrogen-bond donors (Lipinski definition) is 1. The van der Waals surface area contributed by atoms with Crippen molar-refractivity contribution >= 4 is 11.7 Å². The van der Waals surface area contributed by atoms with Crippen LogP contribution >= 0.6 is 0 Å². The number of carbonyl (C=O) groups is 1. The Labute approximate surface area is 129 Å². The first kappa shape index (κ1) is 16.1. The number of aliphatic hydroxyl groups is 1. The lowest BCUT2D eigenvalue weighted by Crippen LogP contribution is -2.35. The number of amides is 1. The molecule has 0 aliphatic rings. The van der Waals surface area contributed by atoms with E-state index in [0.717, 1.165) is 5.56 Å². The van der Waals surface area contributed by atoms with E-state index in [1.807, 2.05) is 13.0 Å². The van der Waals surface area contributed by atoms with Gasteiger partial charge in [0.05, 0.1) is 31.9 Å². The first-order valence-electron chi connectivity index (χ1n) is 7.05. The Morgan fingerprint density at radius 1 is 1.27 bits per heavy atom. The number of pyridine rings is 2. The Kier molecular flexibility index (Phi) is 6.00. The van der Waals surface area contributed by atoms with Crippen LogP contribution in [0.3, 0.4) is 0 Å². The molecule has 0 saturated carbocycles. The van der Waals surface area contributed by atoms with Crippen molar-refractivity contribution in [1.29, 1.82) is 0 Å². The predicted octanol–water partition coefficient (Wildman–Crippen LogP) is 1.44. The van der Waals surface area contributed by atoms with E-state index in [4.69, 9.17) is 9.84 Å². The van der Waals surface area contributed by atoms with Crippen molar-refractivity contribution in [2.45, 2.75) is 6.92 Å². The summed E-state index contributed by atoms with van der Waals surface area (Å²) in [7, 11) is 0. The molecule has 0 unspecified atom stereocenters. The smallest absolute Gasteiger partial charge is 0.261 e. The fourth-order valence-corrected chi connectivity index (χ4v) is 1.91. The van der Waals surface area contributed by atoms with Gasteiger partial charge in [0.25, 0.3) is 5.91 Å². The van der Waals surface area contributed by atoms with E-state index in [1.54, 1.807) is 35.5 Å². The zero-order valence-corrected chi connectivity index (χ0v) is 12.5. The summed E-state index contributed by atoms with van der Waals surface area (Å²) in [6.45, 7) is 2.82. The predicted molar refractivity (Wildman–Crippen MR) is 82.8 cm³/mol. The topological polar surface area (TPSA) is 75.6 Å². The Balaban J connectivity index is 2.17. The lowest BCUT2D eigenvalue weighted by Gasteiger charge is -2.21. The number of rotatable bonds is 7. The molecule has 6 heteroatoms. The molecule has 0 aliphatic heterocycles. The molecule has 2 rings (SSSR count). The number of hydrogen-bond acceptors (Lipinski definition) is 5. The third-order valence-electron chi connectivity index (χ3n) is 3.02. The molecule has 0 bridgehead atoms. The summed E-state index contributed by atoms with van der Waals surface area (Å²) < 4.78 is 5.26. The molecule has 0 fully saturated rings. The quantitative estimate of drug-likeness (QED) is 0.783. The SMILES string of the molecule is Cc1ccc(N(CCOCCO)C(=O)c2cccnc2)nc1. The third kappa shape index (κ3) is 4.34. The van der Waals surface area contributed by atoms with Gasteiger partial charge >= 0.3 is 0 Å². The molecule has 0 radical (unpaired) electrons. The van der Waals surface area contributed by atoms with Crippen LogP contribution in [0.25, 0.3) is 0 Å². The molecule has 0 aliphatic carbocycles. The van der Waals surface area contributed by atoms with Gasteiger partial charge in [-0.25, -0.2) is 4.98 Å². The van der Waals surface area contributed by atoms with Crippen molar-refractivity contribution in [3.8, 4) is 0 Å². The highest BCUT2D eigenvalue weighted by Gasteiger charge is 2.18. The lowest BCUT2D eigenvalue weighted by atomic mass is 10.2. The number of ether oxygens (including phenoxy) is 1. The van der Waals surface area contributed by atoms with E-state index < -0.39 is 0 Å². The van der Waals surface area contributed by atoms with Gasteiger partial charge in [-0.15, -0.1) is 0 Å². The molecule has 2 heterocycles. The number of anilines is 1. The van der Waals surface area contributed by atoms with Gasteiger partial charge in [0.2, 0.25) is 0 Å². The maximum atomic E-state index is 12.6. The van der Waals surface area contributed by atoms with Crippen LogP contribution in [0.4, 0.5) is 5.82 Å². The van der Waals surface area contributed by atoms with Gasteiger partial charge in [-0.2, -0.15) is 0 Å². The summed E-state index contributed by atoms with van der Waals surface area (Å²) in [5.41, 5.74) is 1.51. The minimum atomic E-state index is -0.183. The van der Waals surface area contributed by atoms with Crippen molar-refractivity contribution in [1.82, 2.24) is 9.97 Å². The van der Waals surface area contributed by atoms with Crippen molar-refractivity contribution < 1.29 is 14.6 Å². The van der Waals surface area contributed by atoms with Crippen LogP contribution in [0.15, 0.2) is 42.9 Å². The molecule has 22 heavy (non-hydrogen) atoms. The van der Waals surface area contributed by atoms with Crippen LogP contribution in [0, 0.1) is 6.92 Å². The van der Waals surface area contributed by atoms with Crippen LogP contribution in [-0.2, 0) is 4.74 Å². The minimum Gasteiger partial charge on any atom is -0.394 e. The molecule has 0 atom stereocenters. The van der Waals surface area contributed by atoms with E-state index in [0.29, 0.717) is 24.5 Å². The Morgan fingerprint density at radius 2 is 2.14 bits per heavy atom. The zero-order chi connectivity index (χ0) is 15.8. The molecule has 6 nitrogen and oxygen atoms in total. The van der Waals surface area contributed by atoms with E-state index in [1.165, 1.54) is 6.20 Å². The minimum absolute atomic E-state index is 0.0423. The summed E-state index contributed by atoms with van der Waals surface area (Å²) in [4.78, 5) is 22.5. The molecule has 2 aromatic rings. The molecule has 116 valence electrons. The van der Waals surface area contributed by atoms with E-state index in [2.05, 4.69) is 9.97 Å². The number of carbonyl (C=O) groups excluding carboxylic acids is 1. The third-order valence-corrected chi connectivity index (χ3v) is 3.02. The van der Waals surface area contributed by atoms with Crippen molar-refractivity contribution in [3.63, 3.8) is 0 Å². The molecule has 1 N–H and O–H groups in total. The number of aliphatic hydroxyl groups excluding tert-OH is 1. The highest BCUT2D eigenvalue weighted by atomic mass is 16.5. The molecule has 0 aromatic carbocycles.